The molecular formula is C16H25N3. The van der Waals surface area contributed by atoms with Crippen molar-refractivity contribution >= 4 is 0 Å². The van der Waals surface area contributed by atoms with E-state index in [0.717, 1.165) is 12.5 Å². The maximum atomic E-state index is 3.36. The lowest BCUT2D eigenvalue weighted by Gasteiger charge is -2.36. The number of benzene rings is 1. The van der Waals surface area contributed by atoms with Crippen LogP contribution in [0.4, 0.5) is 0 Å². The van der Waals surface area contributed by atoms with Crippen LogP contribution in [-0.4, -0.2) is 55.6 Å². The highest BCUT2D eigenvalue weighted by atomic mass is 15.3. The van der Waals surface area contributed by atoms with E-state index in [1.165, 1.54) is 57.8 Å². The molecule has 0 spiro atoms. The summed E-state index contributed by atoms with van der Waals surface area (Å²) in [4.78, 5) is 5.22. The van der Waals surface area contributed by atoms with Crippen LogP contribution in [0.2, 0.25) is 0 Å². The summed E-state index contributed by atoms with van der Waals surface area (Å²) in [6.07, 6.45) is 1.38. The molecule has 1 aromatic rings. The van der Waals surface area contributed by atoms with Gasteiger partial charge in [-0.15, -0.1) is 0 Å². The normalized spacial score (nSPS) is 22.3. The fourth-order valence-electron chi connectivity index (χ4n) is 2.93. The van der Waals surface area contributed by atoms with Gasteiger partial charge in [0.1, 0.15) is 0 Å². The van der Waals surface area contributed by atoms with Crippen LogP contribution in [0.15, 0.2) is 30.3 Å². The fraction of sp³-hybridized carbons (Fsp3) is 0.625. The Morgan fingerprint density at radius 3 is 2.26 bits per heavy atom. The molecule has 0 atom stereocenters. The maximum absolute atomic E-state index is 3.36. The SMILES string of the molecule is c1ccc(CN2CCN(CCC3CNC3)CC2)cc1. The molecule has 104 valence electrons. The van der Waals surface area contributed by atoms with Gasteiger partial charge in [0.15, 0.2) is 0 Å². The predicted octanol–water partition coefficient (Wildman–Crippen LogP) is 1.41. The minimum absolute atomic E-state index is 0.947. The van der Waals surface area contributed by atoms with Crippen molar-refractivity contribution in [3.8, 4) is 0 Å². The third kappa shape index (κ3) is 3.78. The van der Waals surface area contributed by atoms with Crippen LogP contribution < -0.4 is 5.32 Å². The second-order valence-electron chi connectivity index (χ2n) is 5.92. The Balaban J connectivity index is 1.37. The van der Waals surface area contributed by atoms with Gasteiger partial charge >= 0.3 is 0 Å². The lowest BCUT2D eigenvalue weighted by atomic mass is 9.99. The molecule has 19 heavy (non-hydrogen) atoms. The van der Waals surface area contributed by atoms with Crippen molar-refractivity contribution in [3.05, 3.63) is 35.9 Å². The minimum Gasteiger partial charge on any atom is -0.316 e. The molecule has 0 aromatic heterocycles. The molecule has 0 aliphatic carbocycles. The van der Waals surface area contributed by atoms with E-state index in [-0.39, 0.29) is 0 Å². The summed E-state index contributed by atoms with van der Waals surface area (Å²) in [5, 5.41) is 3.36. The number of hydrogen-bond donors (Lipinski definition) is 1. The molecule has 2 fully saturated rings. The highest BCUT2D eigenvalue weighted by Gasteiger charge is 2.20. The monoisotopic (exact) mass is 259 g/mol. The summed E-state index contributed by atoms with van der Waals surface area (Å²) >= 11 is 0. The van der Waals surface area contributed by atoms with Gasteiger partial charge in [-0.25, -0.2) is 0 Å². The summed E-state index contributed by atoms with van der Waals surface area (Å²) in [7, 11) is 0. The van der Waals surface area contributed by atoms with Gasteiger partial charge in [0, 0.05) is 32.7 Å². The zero-order chi connectivity index (χ0) is 12.9. The second-order valence-corrected chi connectivity index (χ2v) is 5.92. The summed E-state index contributed by atoms with van der Waals surface area (Å²) in [5.74, 6) is 0.947. The van der Waals surface area contributed by atoms with E-state index in [1.54, 1.807) is 0 Å². The lowest BCUT2D eigenvalue weighted by Crippen LogP contribution is -2.48. The molecule has 0 radical (unpaired) electrons. The Morgan fingerprint density at radius 2 is 1.63 bits per heavy atom. The Morgan fingerprint density at radius 1 is 0.947 bits per heavy atom. The molecule has 3 heteroatoms. The lowest BCUT2D eigenvalue weighted by molar-refractivity contribution is 0.118. The van der Waals surface area contributed by atoms with Gasteiger partial charge in [-0.2, -0.15) is 0 Å². The van der Waals surface area contributed by atoms with Crippen LogP contribution in [0, 0.1) is 5.92 Å². The van der Waals surface area contributed by atoms with Crippen molar-refractivity contribution in [2.45, 2.75) is 13.0 Å². The van der Waals surface area contributed by atoms with Gasteiger partial charge in [0.25, 0.3) is 0 Å². The fourth-order valence-corrected chi connectivity index (χ4v) is 2.93. The van der Waals surface area contributed by atoms with Gasteiger partial charge in [-0.3, -0.25) is 4.90 Å². The van der Waals surface area contributed by atoms with Gasteiger partial charge in [-0.1, -0.05) is 30.3 Å². The van der Waals surface area contributed by atoms with Crippen LogP contribution in [0.1, 0.15) is 12.0 Å². The molecule has 2 aliphatic rings. The molecule has 2 aliphatic heterocycles. The minimum atomic E-state index is 0.947. The largest absolute Gasteiger partial charge is 0.316 e. The molecule has 0 bridgehead atoms. The summed E-state index contributed by atoms with van der Waals surface area (Å²) in [6, 6.07) is 10.8. The summed E-state index contributed by atoms with van der Waals surface area (Å²) in [6.45, 7) is 9.82. The van der Waals surface area contributed by atoms with Crippen LogP contribution in [-0.2, 0) is 6.54 Å². The third-order valence-corrected chi connectivity index (χ3v) is 4.43. The first kappa shape index (κ1) is 13.1. The van der Waals surface area contributed by atoms with Crippen molar-refractivity contribution in [2.75, 3.05) is 45.8 Å². The second kappa shape index (κ2) is 6.51. The number of nitrogens with one attached hydrogen (secondary N) is 1. The molecule has 3 rings (SSSR count). The summed E-state index contributed by atoms with van der Waals surface area (Å²) in [5.41, 5.74) is 1.44. The molecule has 2 heterocycles. The molecule has 1 N–H and O–H groups in total. The Bertz CT molecular complexity index is 367. The van der Waals surface area contributed by atoms with Crippen LogP contribution in [0.5, 0.6) is 0 Å². The number of nitrogens with zero attached hydrogens (tertiary/aromatic N) is 2. The zero-order valence-electron chi connectivity index (χ0n) is 11.7. The van der Waals surface area contributed by atoms with E-state index in [1.807, 2.05) is 0 Å². The molecule has 1 aromatic carbocycles. The Kier molecular flexibility index (Phi) is 4.49. The highest BCUT2D eigenvalue weighted by molar-refractivity contribution is 5.14. The predicted molar refractivity (Wildman–Crippen MR) is 79.1 cm³/mol. The standard InChI is InChI=1S/C16H25N3/c1-2-4-15(5-3-1)14-19-10-8-18(9-11-19)7-6-16-12-17-13-16/h1-5,16-17H,6-14H2. The van der Waals surface area contributed by atoms with Gasteiger partial charge in [0.05, 0.1) is 0 Å². The number of rotatable bonds is 5. The molecular weight excluding hydrogens is 234 g/mol. The van der Waals surface area contributed by atoms with Crippen molar-refractivity contribution in [1.82, 2.24) is 15.1 Å². The van der Waals surface area contributed by atoms with Gasteiger partial charge < -0.3 is 10.2 Å². The zero-order valence-corrected chi connectivity index (χ0v) is 11.7. The van der Waals surface area contributed by atoms with Crippen molar-refractivity contribution in [3.63, 3.8) is 0 Å². The van der Waals surface area contributed by atoms with E-state index >= 15 is 0 Å². The number of piperazine rings is 1. The third-order valence-electron chi connectivity index (χ3n) is 4.43. The van der Waals surface area contributed by atoms with Crippen LogP contribution in [0.25, 0.3) is 0 Å². The smallest absolute Gasteiger partial charge is 0.0234 e. The van der Waals surface area contributed by atoms with Crippen molar-refractivity contribution in [1.29, 1.82) is 0 Å². The first-order chi connectivity index (χ1) is 9.40. The molecule has 0 saturated carbocycles. The first-order valence-corrected chi connectivity index (χ1v) is 7.59. The average Bonchev–Trinajstić information content (AvgIpc) is 2.40. The molecule has 0 amide bonds. The van der Waals surface area contributed by atoms with Gasteiger partial charge in [0.2, 0.25) is 0 Å². The first-order valence-electron chi connectivity index (χ1n) is 7.59. The Labute approximate surface area is 116 Å². The van der Waals surface area contributed by atoms with Crippen LogP contribution >= 0.6 is 0 Å². The highest BCUT2D eigenvalue weighted by Crippen LogP contribution is 2.12. The summed E-state index contributed by atoms with van der Waals surface area (Å²) < 4.78 is 0. The Hall–Kier alpha value is -0.900. The van der Waals surface area contributed by atoms with Gasteiger partial charge in [-0.05, 0) is 37.5 Å². The van der Waals surface area contributed by atoms with E-state index in [0.29, 0.717) is 0 Å². The maximum Gasteiger partial charge on any atom is 0.0234 e. The van der Waals surface area contributed by atoms with Crippen molar-refractivity contribution in [2.24, 2.45) is 5.92 Å². The quantitative estimate of drug-likeness (QED) is 0.862. The van der Waals surface area contributed by atoms with E-state index in [4.69, 9.17) is 0 Å². The van der Waals surface area contributed by atoms with E-state index in [2.05, 4.69) is 45.4 Å². The topological polar surface area (TPSA) is 18.5 Å². The molecule has 2 saturated heterocycles. The van der Waals surface area contributed by atoms with Crippen molar-refractivity contribution < 1.29 is 0 Å². The van der Waals surface area contributed by atoms with Crippen LogP contribution in [0.3, 0.4) is 0 Å². The molecule has 3 nitrogen and oxygen atoms in total. The molecule has 0 unspecified atom stereocenters. The number of hydrogen-bond acceptors (Lipinski definition) is 3. The van der Waals surface area contributed by atoms with E-state index < -0.39 is 0 Å². The van der Waals surface area contributed by atoms with E-state index in [9.17, 15) is 0 Å². The average molecular weight is 259 g/mol.